The molecule has 0 bridgehead atoms. The average molecular weight is 260 g/mol. The Morgan fingerprint density at radius 2 is 1.88 bits per heavy atom. The van der Waals surface area contributed by atoms with Gasteiger partial charge in [0, 0.05) is 6.42 Å². The van der Waals surface area contributed by atoms with Gasteiger partial charge in [-0.1, -0.05) is 0 Å². The minimum atomic E-state index is -1.31. The van der Waals surface area contributed by atoms with Crippen molar-refractivity contribution in [3.63, 3.8) is 0 Å². The Balaban J connectivity index is 2.80. The average Bonchev–Trinajstić information content (AvgIpc) is 2.21. The van der Waals surface area contributed by atoms with Crippen LogP contribution in [0.4, 0.5) is 0 Å². The third-order valence-electron chi connectivity index (χ3n) is 2.25. The molecule has 8 heteroatoms. The van der Waals surface area contributed by atoms with Gasteiger partial charge in [0.1, 0.15) is 6.04 Å². The predicted octanol–water partition coefficient (Wildman–Crippen LogP) is -1.19. The maximum absolute atomic E-state index is 11.5. The molecule has 3 amide bonds. The molecule has 0 saturated carbocycles. The van der Waals surface area contributed by atoms with Crippen LogP contribution in [0.3, 0.4) is 0 Å². The first-order valence-corrected chi connectivity index (χ1v) is 6.02. The van der Waals surface area contributed by atoms with Gasteiger partial charge in [0.15, 0.2) is 0 Å². The van der Waals surface area contributed by atoms with Crippen LogP contribution in [0, 0.1) is 0 Å². The molecule has 1 aliphatic heterocycles. The van der Waals surface area contributed by atoms with Gasteiger partial charge >= 0.3 is 5.97 Å². The molecule has 0 aromatic heterocycles. The lowest BCUT2D eigenvalue weighted by molar-refractivity contribution is -0.157. The molecule has 0 radical (unpaired) electrons. The van der Waals surface area contributed by atoms with E-state index in [0.717, 1.165) is 16.7 Å². The lowest BCUT2D eigenvalue weighted by atomic mass is 10.1. The number of aliphatic carboxylic acids is 1. The van der Waals surface area contributed by atoms with Crippen molar-refractivity contribution in [2.75, 3.05) is 11.5 Å². The molecule has 1 atom stereocenters. The summed E-state index contributed by atoms with van der Waals surface area (Å²) in [6, 6.07) is -1.30. The number of carbonyl (C=O) groups excluding carboxylic acids is 3. The highest BCUT2D eigenvalue weighted by Gasteiger charge is 2.36. The Morgan fingerprint density at radius 3 is 2.29 bits per heavy atom. The van der Waals surface area contributed by atoms with Crippen molar-refractivity contribution in [3.8, 4) is 0 Å². The highest BCUT2D eigenvalue weighted by Crippen LogP contribution is 2.18. The molecule has 1 saturated heterocycles. The number of rotatable bonds is 5. The number of hydrogen-bond acceptors (Lipinski definition) is 5. The Morgan fingerprint density at radius 1 is 1.35 bits per heavy atom. The number of imide groups is 1. The van der Waals surface area contributed by atoms with Crippen molar-refractivity contribution in [1.29, 1.82) is 0 Å². The van der Waals surface area contributed by atoms with E-state index in [9.17, 15) is 19.2 Å². The van der Waals surface area contributed by atoms with E-state index in [1.54, 1.807) is 0 Å². The topological polar surface area (TPSA) is 118 Å². The van der Waals surface area contributed by atoms with E-state index in [-0.39, 0.29) is 24.3 Å². The van der Waals surface area contributed by atoms with Crippen molar-refractivity contribution in [2.45, 2.75) is 18.9 Å². The summed E-state index contributed by atoms with van der Waals surface area (Å²) < 4.78 is 0. The second-order valence-corrected chi connectivity index (χ2v) is 4.49. The van der Waals surface area contributed by atoms with Gasteiger partial charge in [-0.3, -0.25) is 19.3 Å². The Hall–Kier alpha value is -1.57. The molecule has 1 rings (SSSR count). The van der Waals surface area contributed by atoms with Gasteiger partial charge in [0.25, 0.3) is 0 Å². The number of carbonyl (C=O) groups is 4. The van der Waals surface area contributed by atoms with Crippen molar-refractivity contribution >= 4 is 35.5 Å². The summed E-state index contributed by atoms with van der Waals surface area (Å²) >= 11 is 1.14. The fourth-order valence-electron chi connectivity index (χ4n) is 1.49. The summed E-state index contributed by atoms with van der Waals surface area (Å²) in [5.41, 5.74) is 4.92. The number of hydrogen-bond donors (Lipinski definition) is 2. The first-order chi connectivity index (χ1) is 7.93. The van der Waals surface area contributed by atoms with Crippen LogP contribution in [0.1, 0.15) is 12.8 Å². The first-order valence-electron chi connectivity index (χ1n) is 4.87. The molecular weight excluding hydrogens is 248 g/mol. The minimum absolute atomic E-state index is 0.0755. The van der Waals surface area contributed by atoms with Crippen LogP contribution in [0.15, 0.2) is 0 Å². The second-order valence-electron chi connectivity index (χ2n) is 3.51. The number of amides is 3. The molecule has 3 N–H and O–H groups in total. The summed E-state index contributed by atoms with van der Waals surface area (Å²) in [6.07, 6.45) is -0.325. The normalized spacial score (nSPS) is 18.0. The monoisotopic (exact) mass is 260 g/mol. The largest absolute Gasteiger partial charge is 0.480 e. The molecule has 0 aliphatic carbocycles. The molecule has 0 aromatic carbocycles. The van der Waals surface area contributed by atoms with E-state index >= 15 is 0 Å². The highest BCUT2D eigenvalue weighted by molar-refractivity contribution is 8.00. The molecular formula is C9H12N2O5S. The molecule has 17 heavy (non-hydrogen) atoms. The van der Waals surface area contributed by atoms with Gasteiger partial charge in [0.05, 0.1) is 11.5 Å². The second kappa shape index (κ2) is 5.67. The predicted molar refractivity (Wildman–Crippen MR) is 59.0 cm³/mol. The highest BCUT2D eigenvalue weighted by atomic mass is 32.2. The van der Waals surface area contributed by atoms with Crippen LogP contribution in [-0.2, 0) is 19.2 Å². The molecule has 7 nitrogen and oxygen atoms in total. The molecule has 94 valence electrons. The Kier molecular flexibility index (Phi) is 4.50. The van der Waals surface area contributed by atoms with Crippen molar-refractivity contribution < 1.29 is 24.3 Å². The zero-order valence-corrected chi connectivity index (χ0v) is 9.74. The summed E-state index contributed by atoms with van der Waals surface area (Å²) in [6.45, 7) is 0. The molecule has 1 aliphatic rings. The third-order valence-corrected chi connectivity index (χ3v) is 3.15. The number of carboxylic acids is 1. The summed E-state index contributed by atoms with van der Waals surface area (Å²) in [4.78, 5) is 45.3. The van der Waals surface area contributed by atoms with E-state index in [0.29, 0.717) is 0 Å². The number of nitrogens with zero attached hydrogens (tertiary/aromatic N) is 1. The van der Waals surface area contributed by atoms with E-state index in [4.69, 9.17) is 10.8 Å². The van der Waals surface area contributed by atoms with E-state index in [1.807, 2.05) is 0 Å². The summed E-state index contributed by atoms with van der Waals surface area (Å²) in [5, 5.41) is 8.97. The van der Waals surface area contributed by atoms with Crippen LogP contribution in [0.5, 0.6) is 0 Å². The van der Waals surface area contributed by atoms with Crippen LogP contribution in [-0.4, -0.2) is 51.2 Å². The van der Waals surface area contributed by atoms with Gasteiger partial charge in [-0.05, 0) is 6.42 Å². The van der Waals surface area contributed by atoms with E-state index in [2.05, 4.69) is 0 Å². The maximum Gasteiger partial charge on any atom is 0.326 e. The molecule has 0 aromatic rings. The number of nitrogens with two attached hydrogens (primary N) is 1. The number of primary amides is 1. The van der Waals surface area contributed by atoms with Crippen molar-refractivity contribution in [2.24, 2.45) is 5.73 Å². The SMILES string of the molecule is NC(=O)CCC(C(=O)O)N1C(=O)CSCC1=O. The van der Waals surface area contributed by atoms with Gasteiger partial charge < -0.3 is 10.8 Å². The number of thioether (sulfide) groups is 1. The maximum atomic E-state index is 11.5. The van der Waals surface area contributed by atoms with E-state index < -0.39 is 29.7 Å². The summed E-state index contributed by atoms with van der Waals surface area (Å²) in [5.74, 6) is -2.90. The quantitative estimate of drug-likeness (QED) is 0.600. The van der Waals surface area contributed by atoms with Gasteiger partial charge in [-0.25, -0.2) is 4.79 Å². The van der Waals surface area contributed by atoms with Crippen LogP contribution >= 0.6 is 11.8 Å². The molecule has 1 unspecified atom stereocenters. The zero-order valence-electron chi connectivity index (χ0n) is 8.92. The standard InChI is InChI=1S/C9H12N2O5S/c10-6(12)2-1-5(9(15)16)11-7(13)3-17-4-8(11)14/h5H,1-4H2,(H2,10,12)(H,15,16). The van der Waals surface area contributed by atoms with E-state index in [1.165, 1.54) is 0 Å². The third kappa shape index (κ3) is 3.45. The number of carboxylic acid groups (broad SMARTS) is 1. The van der Waals surface area contributed by atoms with Crippen LogP contribution in [0.2, 0.25) is 0 Å². The molecule has 1 fully saturated rings. The smallest absolute Gasteiger partial charge is 0.326 e. The zero-order chi connectivity index (χ0) is 13.0. The Labute approximate surface area is 101 Å². The fraction of sp³-hybridized carbons (Fsp3) is 0.556. The minimum Gasteiger partial charge on any atom is -0.480 e. The lowest BCUT2D eigenvalue weighted by Gasteiger charge is -2.29. The van der Waals surface area contributed by atoms with Crippen molar-refractivity contribution in [1.82, 2.24) is 4.90 Å². The fourth-order valence-corrected chi connectivity index (χ4v) is 2.22. The van der Waals surface area contributed by atoms with Crippen LogP contribution in [0.25, 0.3) is 0 Å². The van der Waals surface area contributed by atoms with Gasteiger partial charge in [-0.2, -0.15) is 0 Å². The lowest BCUT2D eigenvalue weighted by Crippen LogP contribution is -2.52. The first kappa shape index (κ1) is 13.5. The Bertz CT molecular complexity index is 354. The van der Waals surface area contributed by atoms with Crippen molar-refractivity contribution in [3.05, 3.63) is 0 Å². The summed E-state index contributed by atoms with van der Waals surface area (Å²) in [7, 11) is 0. The van der Waals surface area contributed by atoms with Crippen LogP contribution < -0.4 is 5.73 Å². The van der Waals surface area contributed by atoms with Gasteiger partial charge in [-0.15, -0.1) is 11.8 Å². The van der Waals surface area contributed by atoms with Gasteiger partial charge in [0.2, 0.25) is 17.7 Å². The molecule has 0 spiro atoms. The molecule has 1 heterocycles.